The fraction of sp³-hybridized carbons (Fsp3) is 0.412. The van der Waals surface area contributed by atoms with Crippen LogP contribution in [0.1, 0.15) is 29.8 Å². The molecule has 2 aromatic rings. The first-order valence-corrected chi connectivity index (χ1v) is 7.95. The molecule has 0 aromatic carbocycles. The van der Waals surface area contributed by atoms with Gasteiger partial charge in [0, 0.05) is 36.9 Å². The van der Waals surface area contributed by atoms with Crippen LogP contribution in [0.4, 0.5) is 4.39 Å². The number of nitrogens with zero attached hydrogens (tertiary/aromatic N) is 2. The minimum absolute atomic E-state index is 0.0811. The van der Waals surface area contributed by atoms with Crippen LogP contribution in [0.5, 0.6) is 0 Å². The number of pyridine rings is 1. The van der Waals surface area contributed by atoms with Gasteiger partial charge in [-0.2, -0.15) is 0 Å². The van der Waals surface area contributed by atoms with Crippen LogP contribution in [-0.2, 0) is 7.05 Å². The Labute approximate surface area is 133 Å². The molecule has 1 amide bonds. The van der Waals surface area contributed by atoms with E-state index in [1.54, 1.807) is 16.8 Å². The molecule has 2 fully saturated rings. The van der Waals surface area contributed by atoms with Crippen LogP contribution >= 0.6 is 0 Å². The number of hydrogen-bond acceptors (Lipinski definition) is 3. The number of halogens is 1. The average molecular weight is 314 g/mol. The Hall–Kier alpha value is -2.21. The standard InChI is InChI=1S/C17H19FN4O/c1-22-15(10-6-11(18)9-19-8-10)4-5-16(22)17(23)21-14-7-12-2-3-13(14)20-12/h4-6,8-9,12-14,20H,2-3,7H2,1H3,(H,21,23)/t12-,13+,14-/m1/s1. The summed E-state index contributed by atoms with van der Waals surface area (Å²) in [7, 11) is 1.81. The summed E-state index contributed by atoms with van der Waals surface area (Å²) < 4.78 is 15.1. The molecule has 2 saturated heterocycles. The molecule has 23 heavy (non-hydrogen) atoms. The molecule has 2 aliphatic rings. The fourth-order valence-electron chi connectivity index (χ4n) is 3.81. The van der Waals surface area contributed by atoms with E-state index in [1.165, 1.54) is 18.7 Å². The number of hydrogen-bond donors (Lipinski definition) is 2. The van der Waals surface area contributed by atoms with Crippen LogP contribution in [0.25, 0.3) is 11.3 Å². The molecule has 0 radical (unpaired) electrons. The highest BCUT2D eigenvalue weighted by Gasteiger charge is 2.39. The predicted molar refractivity (Wildman–Crippen MR) is 84.4 cm³/mol. The lowest BCUT2D eigenvalue weighted by atomic mass is 9.95. The highest BCUT2D eigenvalue weighted by molar-refractivity contribution is 5.94. The Balaban J connectivity index is 1.54. The van der Waals surface area contributed by atoms with Crippen molar-refractivity contribution in [2.24, 2.45) is 7.05 Å². The first-order valence-electron chi connectivity index (χ1n) is 7.95. The first kappa shape index (κ1) is 14.4. The van der Waals surface area contributed by atoms with Crippen LogP contribution in [-0.4, -0.2) is 33.6 Å². The summed E-state index contributed by atoms with van der Waals surface area (Å²) in [4.78, 5) is 16.4. The van der Waals surface area contributed by atoms with E-state index in [-0.39, 0.29) is 17.8 Å². The summed E-state index contributed by atoms with van der Waals surface area (Å²) in [5, 5.41) is 6.65. The zero-order valence-electron chi connectivity index (χ0n) is 12.9. The molecular formula is C17H19FN4O. The van der Waals surface area contributed by atoms with Gasteiger partial charge in [0.15, 0.2) is 0 Å². The topological polar surface area (TPSA) is 59.0 Å². The van der Waals surface area contributed by atoms with Crippen molar-refractivity contribution in [3.8, 4) is 11.3 Å². The normalized spacial score (nSPS) is 25.7. The van der Waals surface area contributed by atoms with E-state index in [2.05, 4.69) is 15.6 Å². The van der Waals surface area contributed by atoms with Gasteiger partial charge in [0.1, 0.15) is 11.5 Å². The highest BCUT2D eigenvalue weighted by Crippen LogP contribution is 2.28. The van der Waals surface area contributed by atoms with Crippen LogP contribution < -0.4 is 10.6 Å². The second kappa shape index (κ2) is 5.45. The molecule has 2 aliphatic heterocycles. The van der Waals surface area contributed by atoms with Crippen molar-refractivity contribution in [3.05, 3.63) is 42.1 Å². The van der Waals surface area contributed by atoms with Crippen molar-refractivity contribution in [1.82, 2.24) is 20.2 Å². The minimum Gasteiger partial charge on any atom is -0.346 e. The maximum absolute atomic E-state index is 13.3. The number of aromatic nitrogens is 2. The Kier molecular flexibility index (Phi) is 3.41. The van der Waals surface area contributed by atoms with Crippen LogP contribution in [0, 0.1) is 5.82 Å². The van der Waals surface area contributed by atoms with Gasteiger partial charge in [-0.25, -0.2) is 4.39 Å². The molecular weight excluding hydrogens is 295 g/mol. The molecule has 0 spiro atoms. The molecule has 3 atom stereocenters. The third kappa shape index (κ3) is 2.53. The summed E-state index contributed by atoms with van der Waals surface area (Å²) >= 11 is 0. The van der Waals surface area contributed by atoms with Gasteiger partial charge in [0.05, 0.1) is 11.9 Å². The fourth-order valence-corrected chi connectivity index (χ4v) is 3.81. The SMILES string of the molecule is Cn1c(C(=O)N[C@@H]2C[C@H]3CC[C@@H]2N3)ccc1-c1cncc(F)c1. The molecule has 5 nitrogen and oxygen atoms in total. The van der Waals surface area contributed by atoms with Gasteiger partial charge in [-0.3, -0.25) is 9.78 Å². The lowest BCUT2D eigenvalue weighted by Crippen LogP contribution is -2.43. The molecule has 0 unspecified atom stereocenters. The number of carbonyl (C=O) groups is 1. The maximum Gasteiger partial charge on any atom is 0.268 e. The summed E-state index contributed by atoms with van der Waals surface area (Å²) in [5.74, 6) is -0.467. The second-order valence-electron chi connectivity index (χ2n) is 6.42. The van der Waals surface area contributed by atoms with Crippen molar-refractivity contribution in [2.75, 3.05) is 0 Å². The van der Waals surface area contributed by atoms with Crippen molar-refractivity contribution >= 4 is 5.91 Å². The van der Waals surface area contributed by atoms with Gasteiger partial charge in [-0.1, -0.05) is 0 Å². The molecule has 4 rings (SSSR count). The van der Waals surface area contributed by atoms with Crippen molar-refractivity contribution in [1.29, 1.82) is 0 Å². The van der Waals surface area contributed by atoms with Crippen LogP contribution in [0.15, 0.2) is 30.6 Å². The number of amides is 1. The van der Waals surface area contributed by atoms with Gasteiger partial charge < -0.3 is 15.2 Å². The van der Waals surface area contributed by atoms with Crippen LogP contribution in [0.2, 0.25) is 0 Å². The van der Waals surface area contributed by atoms with E-state index >= 15 is 0 Å². The third-order valence-corrected chi connectivity index (χ3v) is 4.97. The zero-order valence-corrected chi connectivity index (χ0v) is 12.9. The number of rotatable bonds is 3. The van der Waals surface area contributed by atoms with Crippen molar-refractivity contribution in [3.63, 3.8) is 0 Å². The summed E-state index contributed by atoms with van der Waals surface area (Å²) in [6.07, 6.45) is 6.10. The summed E-state index contributed by atoms with van der Waals surface area (Å²) in [6, 6.07) is 6.17. The number of carbonyl (C=O) groups excluding carboxylic acids is 1. The summed E-state index contributed by atoms with van der Waals surface area (Å²) in [5.41, 5.74) is 2.01. The van der Waals surface area contributed by atoms with E-state index in [0.717, 1.165) is 18.5 Å². The molecule has 4 heterocycles. The van der Waals surface area contributed by atoms with Crippen molar-refractivity contribution < 1.29 is 9.18 Å². The van der Waals surface area contributed by atoms with E-state index in [4.69, 9.17) is 0 Å². The Morgan fingerprint density at radius 1 is 1.39 bits per heavy atom. The smallest absolute Gasteiger partial charge is 0.268 e. The highest BCUT2D eigenvalue weighted by atomic mass is 19.1. The third-order valence-electron chi connectivity index (χ3n) is 4.97. The lowest BCUT2D eigenvalue weighted by Gasteiger charge is -2.21. The van der Waals surface area contributed by atoms with E-state index in [1.807, 2.05) is 13.1 Å². The van der Waals surface area contributed by atoms with Gasteiger partial charge in [-0.15, -0.1) is 0 Å². The molecule has 120 valence electrons. The maximum atomic E-state index is 13.3. The zero-order chi connectivity index (χ0) is 16.0. The number of nitrogens with one attached hydrogen (secondary N) is 2. The largest absolute Gasteiger partial charge is 0.346 e. The Morgan fingerprint density at radius 3 is 2.96 bits per heavy atom. The molecule has 0 aliphatic carbocycles. The second-order valence-corrected chi connectivity index (χ2v) is 6.42. The van der Waals surface area contributed by atoms with Gasteiger partial charge in [-0.05, 0) is 37.5 Å². The van der Waals surface area contributed by atoms with Crippen molar-refractivity contribution in [2.45, 2.75) is 37.4 Å². The minimum atomic E-state index is -0.386. The predicted octanol–water partition coefficient (Wildman–Crippen LogP) is 1.85. The van der Waals surface area contributed by atoms with Crippen LogP contribution in [0.3, 0.4) is 0 Å². The van der Waals surface area contributed by atoms with Gasteiger partial charge in [0.2, 0.25) is 0 Å². The molecule has 6 heteroatoms. The Morgan fingerprint density at radius 2 is 2.26 bits per heavy atom. The van der Waals surface area contributed by atoms with E-state index in [9.17, 15) is 9.18 Å². The quantitative estimate of drug-likeness (QED) is 0.909. The molecule has 2 N–H and O–H groups in total. The number of fused-ring (bicyclic) bond motifs is 2. The van der Waals surface area contributed by atoms with Gasteiger partial charge in [0.25, 0.3) is 5.91 Å². The average Bonchev–Trinajstić information content (AvgIpc) is 3.22. The monoisotopic (exact) mass is 314 g/mol. The molecule has 2 bridgehead atoms. The van der Waals surface area contributed by atoms with E-state index in [0.29, 0.717) is 23.3 Å². The first-order chi connectivity index (χ1) is 11.1. The summed E-state index contributed by atoms with van der Waals surface area (Å²) in [6.45, 7) is 0. The lowest BCUT2D eigenvalue weighted by molar-refractivity contribution is 0.0923. The Bertz CT molecular complexity index is 757. The van der Waals surface area contributed by atoms with Gasteiger partial charge >= 0.3 is 0 Å². The molecule has 0 saturated carbocycles. The van der Waals surface area contributed by atoms with E-state index < -0.39 is 0 Å². The molecule has 2 aromatic heterocycles.